The predicted molar refractivity (Wildman–Crippen MR) is 111 cm³/mol. The van der Waals surface area contributed by atoms with Crippen LogP contribution in [-0.2, 0) is 11.3 Å². The summed E-state index contributed by atoms with van der Waals surface area (Å²) in [6.45, 7) is 7.66. The van der Waals surface area contributed by atoms with Gasteiger partial charge in [-0.15, -0.1) is 0 Å². The van der Waals surface area contributed by atoms with Crippen molar-refractivity contribution in [1.82, 2.24) is 19.7 Å². The molecule has 0 radical (unpaired) electrons. The number of halogens is 1. The van der Waals surface area contributed by atoms with Crippen molar-refractivity contribution in [3.63, 3.8) is 0 Å². The van der Waals surface area contributed by atoms with Crippen LogP contribution >= 0.6 is 0 Å². The molecule has 154 valence electrons. The van der Waals surface area contributed by atoms with Crippen LogP contribution in [0.1, 0.15) is 5.69 Å². The molecule has 0 bridgehead atoms. The van der Waals surface area contributed by atoms with E-state index in [9.17, 15) is 9.18 Å². The number of hydrogen-bond acceptors (Lipinski definition) is 5. The zero-order valence-corrected chi connectivity index (χ0v) is 16.7. The predicted octanol–water partition coefficient (Wildman–Crippen LogP) is 1.69. The molecule has 1 amide bonds. The van der Waals surface area contributed by atoms with Crippen molar-refractivity contribution >= 4 is 11.6 Å². The van der Waals surface area contributed by atoms with Crippen LogP contribution in [-0.4, -0.2) is 84.5 Å². The number of carbonyl (C=O) groups excluding carboxylic acids is 1. The number of aromatic nitrogens is 1. The van der Waals surface area contributed by atoms with Gasteiger partial charge < -0.3 is 9.80 Å². The lowest BCUT2D eigenvalue weighted by atomic mass is 10.2. The van der Waals surface area contributed by atoms with Crippen LogP contribution in [0.5, 0.6) is 0 Å². The van der Waals surface area contributed by atoms with E-state index in [2.05, 4.69) is 20.9 Å². The van der Waals surface area contributed by atoms with Crippen LogP contribution in [0.25, 0.3) is 0 Å². The van der Waals surface area contributed by atoms with Crippen molar-refractivity contribution < 1.29 is 9.18 Å². The molecule has 0 N–H and O–H groups in total. The Morgan fingerprint density at radius 2 is 1.55 bits per heavy atom. The minimum absolute atomic E-state index is 0.177. The van der Waals surface area contributed by atoms with E-state index in [1.807, 2.05) is 34.2 Å². The van der Waals surface area contributed by atoms with E-state index in [-0.39, 0.29) is 11.7 Å². The van der Waals surface area contributed by atoms with Crippen molar-refractivity contribution in [3.05, 3.63) is 60.2 Å². The molecule has 0 unspecified atom stereocenters. The van der Waals surface area contributed by atoms with Gasteiger partial charge >= 0.3 is 0 Å². The summed E-state index contributed by atoms with van der Waals surface area (Å²) in [5, 5.41) is 0. The number of amides is 1. The Labute approximate surface area is 171 Å². The second-order valence-electron chi connectivity index (χ2n) is 7.69. The summed E-state index contributed by atoms with van der Waals surface area (Å²) in [5.74, 6) is -0.0211. The monoisotopic (exact) mass is 397 g/mol. The van der Waals surface area contributed by atoms with E-state index in [0.29, 0.717) is 38.4 Å². The minimum Gasteiger partial charge on any atom is -0.366 e. The number of hydrogen-bond donors (Lipinski definition) is 0. The number of piperazine rings is 2. The van der Waals surface area contributed by atoms with Crippen molar-refractivity contribution in [2.75, 3.05) is 63.8 Å². The molecule has 0 aliphatic carbocycles. The van der Waals surface area contributed by atoms with E-state index >= 15 is 0 Å². The SMILES string of the molecule is O=C(CN1CCN(Cc2ccccn2)CC1)N1CCN(c2ccccc2F)CC1. The van der Waals surface area contributed by atoms with Crippen molar-refractivity contribution in [1.29, 1.82) is 0 Å². The van der Waals surface area contributed by atoms with E-state index in [4.69, 9.17) is 0 Å². The lowest BCUT2D eigenvalue weighted by molar-refractivity contribution is -0.133. The quantitative estimate of drug-likeness (QED) is 0.768. The fraction of sp³-hybridized carbons (Fsp3) is 0.455. The average Bonchev–Trinajstić information content (AvgIpc) is 2.76. The fourth-order valence-corrected chi connectivity index (χ4v) is 4.02. The minimum atomic E-state index is -0.198. The van der Waals surface area contributed by atoms with Crippen LogP contribution in [0, 0.1) is 5.82 Å². The molecule has 2 aliphatic rings. The van der Waals surface area contributed by atoms with Gasteiger partial charge in [0.1, 0.15) is 5.82 Å². The first kappa shape index (κ1) is 19.8. The van der Waals surface area contributed by atoms with Gasteiger partial charge in [0, 0.05) is 65.1 Å². The molecule has 29 heavy (non-hydrogen) atoms. The van der Waals surface area contributed by atoms with Crippen molar-refractivity contribution in [3.8, 4) is 0 Å². The molecule has 2 aliphatic heterocycles. The molecular weight excluding hydrogens is 369 g/mol. The average molecular weight is 397 g/mol. The maximum atomic E-state index is 14.0. The van der Waals surface area contributed by atoms with Gasteiger partial charge in [-0.3, -0.25) is 19.6 Å². The van der Waals surface area contributed by atoms with E-state index in [1.165, 1.54) is 6.07 Å². The first-order chi connectivity index (χ1) is 14.2. The lowest BCUT2D eigenvalue weighted by Crippen LogP contribution is -2.53. The second-order valence-corrected chi connectivity index (χ2v) is 7.69. The summed E-state index contributed by atoms with van der Waals surface area (Å²) in [4.78, 5) is 25.7. The van der Waals surface area contributed by atoms with Crippen molar-refractivity contribution in [2.45, 2.75) is 6.54 Å². The van der Waals surface area contributed by atoms with Gasteiger partial charge in [-0.25, -0.2) is 4.39 Å². The molecule has 7 heteroatoms. The number of para-hydroxylation sites is 1. The zero-order valence-electron chi connectivity index (χ0n) is 16.7. The first-order valence-corrected chi connectivity index (χ1v) is 10.3. The summed E-state index contributed by atoms with van der Waals surface area (Å²) in [6, 6.07) is 12.8. The van der Waals surface area contributed by atoms with Crippen LogP contribution in [0.3, 0.4) is 0 Å². The standard InChI is InChI=1S/C22H28FN5O/c23-20-6-1-2-7-21(20)27-13-15-28(16-14-27)22(29)18-26-11-9-25(10-12-26)17-19-5-3-4-8-24-19/h1-8H,9-18H2. The number of anilines is 1. The highest BCUT2D eigenvalue weighted by Gasteiger charge is 2.25. The highest BCUT2D eigenvalue weighted by molar-refractivity contribution is 5.78. The van der Waals surface area contributed by atoms with Gasteiger partial charge in [-0.05, 0) is 24.3 Å². The Morgan fingerprint density at radius 3 is 2.24 bits per heavy atom. The largest absolute Gasteiger partial charge is 0.366 e. The Hall–Kier alpha value is -2.51. The molecule has 1 aromatic carbocycles. The Bertz CT molecular complexity index is 802. The molecule has 3 heterocycles. The van der Waals surface area contributed by atoms with Crippen LogP contribution in [0.2, 0.25) is 0 Å². The normalized spacial score (nSPS) is 18.8. The molecule has 2 fully saturated rings. The van der Waals surface area contributed by atoms with Gasteiger partial charge in [-0.1, -0.05) is 18.2 Å². The molecule has 2 saturated heterocycles. The van der Waals surface area contributed by atoms with Crippen LogP contribution < -0.4 is 4.90 Å². The van der Waals surface area contributed by atoms with Gasteiger partial charge in [0.05, 0.1) is 17.9 Å². The maximum absolute atomic E-state index is 14.0. The molecule has 0 atom stereocenters. The molecule has 4 rings (SSSR count). The van der Waals surface area contributed by atoms with Gasteiger partial charge in [0.25, 0.3) is 0 Å². The Morgan fingerprint density at radius 1 is 0.862 bits per heavy atom. The molecular formula is C22H28FN5O. The number of pyridine rings is 1. The summed E-state index contributed by atoms with van der Waals surface area (Å²) < 4.78 is 14.0. The highest BCUT2D eigenvalue weighted by Crippen LogP contribution is 2.20. The third-order valence-corrected chi connectivity index (χ3v) is 5.76. The van der Waals surface area contributed by atoms with Crippen LogP contribution in [0.15, 0.2) is 48.7 Å². The molecule has 1 aromatic heterocycles. The number of carbonyl (C=O) groups is 1. The second kappa shape index (κ2) is 9.33. The number of nitrogens with zero attached hydrogens (tertiary/aromatic N) is 5. The zero-order chi connectivity index (χ0) is 20.1. The third kappa shape index (κ3) is 5.10. The van der Waals surface area contributed by atoms with E-state index < -0.39 is 0 Å². The number of rotatable bonds is 5. The van der Waals surface area contributed by atoms with Crippen molar-refractivity contribution in [2.24, 2.45) is 0 Å². The van der Waals surface area contributed by atoms with E-state index in [1.54, 1.807) is 12.1 Å². The number of benzene rings is 1. The molecule has 0 spiro atoms. The fourth-order valence-electron chi connectivity index (χ4n) is 4.02. The maximum Gasteiger partial charge on any atom is 0.236 e. The Kier molecular flexibility index (Phi) is 6.36. The van der Waals surface area contributed by atoms with Crippen LogP contribution in [0.4, 0.5) is 10.1 Å². The topological polar surface area (TPSA) is 42.9 Å². The third-order valence-electron chi connectivity index (χ3n) is 5.76. The summed E-state index contributed by atoms with van der Waals surface area (Å²) in [5.41, 5.74) is 1.72. The van der Waals surface area contributed by atoms with E-state index in [0.717, 1.165) is 38.4 Å². The summed E-state index contributed by atoms with van der Waals surface area (Å²) in [7, 11) is 0. The van der Waals surface area contributed by atoms with Gasteiger partial charge in [0.2, 0.25) is 5.91 Å². The lowest BCUT2D eigenvalue weighted by Gasteiger charge is -2.38. The smallest absolute Gasteiger partial charge is 0.236 e. The molecule has 6 nitrogen and oxygen atoms in total. The molecule has 0 saturated carbocycles. The van der Waals surface area contributed by atoms with Gasteiger partial charge in [-0.2, -0.15) is 0 Å². The first-order valence-electron chi connectivity index (χ1n) is 10.3. The highest BCUT2D eigenvalue weighted by atomic mass is 19.1. The summed E-state index contributed by atoms with van der Waals surface area (Å²) >= 11 is 0. The van der Waals surface area contributed by atoms with Gasteiger partial charge in [0.15, 0.2) is 0 Å². The Balaban J connectivity index is 1.20. The molecule has 2 aromatic rings. The summed E-state index contributed by atoms with van der Waals surface area (Å²) in [6.07, 6.45) is 1.83.